The minimum atomic E-state index is -0.199. The van der Waals surface area contributed by atoms with Crippen molar-refractivity contribution < 1.29 is 14.3 Å². The summed E-state index contributed by atoms with van der Waals surface area (Å²) in [6.45, 7) is 0.250. The van der Waals surface area contributed by atoms with Gasteiger partial charge >= 0.3 is 0 Å². The van der Waals surface area contributed by atoms with Crippen LogP contribution in [0.5, 0.6) is 11.5 Å². The zero-order valence-corrected chi connectivity index (χ0v) is 14.9. The molecule has 5 nitrogen and oxygen atoms in total. The third-order valence-corrected chi connectivity index (χ3v) is 4.79. The number of amides is 1. The van der Waals surface area contributed by atoms with E-state index in [1.807, 2.05) is 60.0 Å². The lowest BCUT2D eigenvalue weighted by atomic mass is 10.1. The third-order valence-electron chi connectivity index (χ3n) is 4.03. The monoisotopic (exact) mass is 364 g/mol. The molecule has 1 aliphatic heterocycles. The van der Waals surface area contributed by atoms with E-state index < -0.39 is 0 Å². The first-order valence-corrected chi connectivity index (χ1v) is 8.94. The van der Waals surface area contributed by atoms with E-state index in [1.165, 1.54) is 11.3 Å². The predicted molar refractivity (Wildman–Crippen MR) is 103 cm³/mol. The number of nitrogens with zero attached hydrogens (tertiary/aromatic N) is 1. The second-order valence-electron chi connectivity index (χ2n) is 5.72. The highest BCUT2D eigenvalue weighted by Crippen LogP contribution is 2.28. The maximum absolute atomic E-state index is 12.5. The van der Waals surface area contributed by atoms with Crippen molar-refractivity contribution in [3.05, 3.63) is 65.0 Å². The molecule has 0 saturated carbocycles. The number of rotatable bonds is 4. The molecule has 0 radical (unpaired) electrons. The van der Waals surface area contributed by atoms with Gasteiger partial charge in [0.25, 0.3) is 5.91 Å². The molecule has 130 valence electrons. The molecule has 0 aliphatic carbocycles. The molecule has 6 heteroatoms. The molecule has 2 aromatic carbocycles. The van der Waals surface area contributed by atoms with Crippen LogP contribution in [0.3, 0.4) is 0 Å². The Morgan fingerprint density at radius 3 is 2.81 bits per heavy atom. The Kier molecular flexibility index (Phi) is 4.41. The van der Waals surface area contributed by atoms with Crippen LogP contribution in [0.15, 0.2) is 59.5 Å². The molecular formula is C20H16N2O3S. The number of aromatic nitrogens is 1. The van der Waals surface area contributed by atoms with Gasteiger partial charge < -0.3 is 9.47 Å². The average Bonchev–Trinajstić information content (AvgIpc) is 3.16. The summed E-state index contributed by atoms with van der Waals surface area (Å²) in [5, 5.41) is 5.32. The minimum Gasteiger partial charge on any atom is -0.497 e. The Balaban J connectivity index is 1.49. The first kappa shape index (κ1) is 16.4. The van der Waals surface area contributed by atoms with Crippen LogP contribution in [0.2, 0.25) is 0 Å². The number of hydrogen-bond donors (Lipinski definition) is 1. The number of ether oxygens (including phenoxy) is 2. The number of fused-ring (bicyclic) bond motifs is 1. The summed E-state index contributed by atoms with van der Waals surface area (Å²) < 4.78 is 10.8. The third kappa shape index (κ3) is 3.32. The summed E-state index contributed by atoms with van der Waals surface area (Å²) in [5.41, 5.74) is 3.26. The van der Waals surface area contributed by atoms with Crippen LogP contribution < -0.4 is 14.8 Å². The van der Waals surface area contributed by atoms with Gasteiger partial charge in [-0.1, -0.05) is 18.2 Å². The summed E-state index contributed by atoms with van der Waals surface area (Å²) in [4.78, 5) is 17.0. The SMILES string of the molecule is COc1ccc(-c2csc(NC(=O)C3=Cc4ccccc4OC3)n2)cc1. The Morgan fingerprint density at radius 1 is 1.19 bits per heavy atom. The number of carbonyl (C=O) groups excluding carboxylic acids is 1. The van der Waals surface area contributed by atoms with Crippen LogP contribution in [0.4, 0.5) is 5.13 Å². The number of hydrogen-bond acceptors (Lipinski definition) is 5. The van der Waals surface area contributed by atoms with Gasteiger partial charge in [-0.25, -0.2) is 4.98 Å². The van der Waals surface area contributed by atoms with E-state index in [0.29, 0.717) is 10.7 Å². The van der Waals surface area contributed by atoms with Gasteiger partial charge in [-0.2, -0.15) is 0 Å². The Hall–Kier alpha value is -3.12. The lowest BCUT2D eigenvalue weighted by Gasteiger charge is -2.16. The Morgan fingerprint density at radius 2 is 2.00 bits per heavy atom. The second kappa shape index (κ2) is 7.01. The molecule has 2 heterocycles. The highest BCUT2D eigenvalue weighted by Gasteiger charge is 2.18. The van der Waals surface area contributed by atoms with Gasteiger partial charge in [-0.3, -0.25) is 10.1 Å². The van der Waals surface area contributed by atoms with Crippen molar-refractivity contribution in [2.45, 2.75) is 0 Å². The van der Waals surface area contributed by atoms with Crippen LogP contribution >= 0.6 is 11.3 Å². The molecule has 4 rings (SSSR count). The van der Waals surface area contributed by atoms with Gasteiger partial charge in [0.1, 0.15) is 18.1 Å². The number of thiazole rings is 1. The summed E-state index contributed by atoms with van der Waals surface area (Å²) in [6, 6.07) is 15.3. The van der Waals surface area contributed by atoms with Gasteiger partial charge in [-0.05, 0) is 36.4 Å². The fraction of sp³-hybridized carbons (Fsp3) is 0.100. The molecule has 0 atom stereocenters. The minimum absolute atomic E-state index is 0.199. The Bertz CT molecular complexity index is 977. The van der Waals surface area contributed by atoms with E-state index in [0.717, 1.165) is 28.3 Å². The van der Waals surface area contributed by atoms with Crippen LogP contribution in [0, 0.1) is 0 Å². The van der Waals surface area contributed by atoms with E-state index >= 15 is 0 Å². The van der Waals surface area contributed by atoms with Crippen molar-refractivity contribution in [3.63, 3.8) is 0 Å². The maximum atomic E-state index is 12.5. The fourth-order valence-corrected chi connectivity index (χ4v) is 3.36. The number of methoxy groups -OCH3 is 1. The van der Waals surface area contributed by atoms with E-state index in [2.05, 4.69) is 10.3 Å². The number of anilines is 1. The van der Waals surface area contributed by atoms with Gasteiger partial charge in [0.05, 0.1) is 18.4 Å². The molecule has 1 aromatic heterocycles. The first-order valence-electron chi connectivity index (χ1n) is 8.06. The van der Waals surface area contributed by atoms with Crippen molar-refractivity contribution >= 4 is 28.5 Å². The zero-order chi connectivity index (χ0) is 17.9. The summed E-state index contributed by atoms with van der Waals surface area (Å²) in [5.74, 6) is 1.39. The van der Waals surface area contributed by atoms with Crippen LogP contribution in [0.25, 0.3) is 17.3 Å². The quantitative estimate of drug-likeness (QED) is 0.752. The average molecular weight is 364 g/mol. The molecule has 1 N–H and O–H groups in total. The topological polar surface area (TPSA) is 60.5 Å². The Labute approximate surface area is 154 Å². The highest BCUT2D eigenvalue weighted by atomic mass is 32.1. The van der Waals surface area contributed by atoms with Crippen molar-refractivity contribution in [2.75, 3.05) is 19.0 Å². The predicted octanol–water partition coefficient (Wildman–Crippen LogP) is 4.23. The largest absolute Gasteiger partial charge is 0.497 e. The molecule has 0 fully saturated rings. The van der Waals surface area contributed by atoms with Crippen LogP contribution in [-0.2, 0) is 4.79 Å². The van der Waals surface area contributed by atoms with Crippen molar-refractivity contribution in [3.8, 4) is 22.8 Å². The molecule has 0 saturated heterocycles. The van der Waals surface area contributed by atoms with Gasteiger partial charge in [-0.15, -0.1) is 11.3 Å². The molecule has 0 unspecified atom stereocenters. The van der Waals surface area contributed by atoms with E-state index in [4.69, 9.17) is 9.47 Å². The van der Waals surface area contributed by atoms with Crippen LogP contribution in [0.1, 0.15) is 5.56 Å². The molecular weight excluding hydrogens is 348 g/mol. The molecule has 0 spiro atoms. The second-order valence-corrected chi connectivity index (χ2v) is 6.57. The number of nitrogens with one attached hydrogen (secondary N) is 1. The van der Waals surface area contributed by atoms with Crippen LogP contribution in [-0.4, -0.2) is 24.6 Å². The fourth-order valence-electron chi connectivity index (χ4n) is 2.65. The maximum Gasteiger partial charge on any atom is 0.256 e. The standard InChI is InChI=1S/C20H16N2O3S/c1-24-16-8-6-13(7-9-16)17-12-26-20(21-17)22-19(23)15-10-14-4-2-3-5-18(14)25-11-15/h2-10,12H,11H2,1H3,(H,21,22,23). The number of para-hydroxylation sites is 1. The number of benzene rings is 2. The van der Waals surface area contributed by atoms with Crippen molar-refractivity contribution in [1.29, 1.82) is 0 Å². The molecule has 3 aromatic rings. The molecule has 0 bridgehead atoms. The van der Waals surface area contributed by atoms with Crippen molar-refractivity contribution in [2.24, 2.45) is 0 Å². The number of carbonyl (C=O) groups is 1. The van der Waals surface area contributed by atoms with E-state index in [-0.39, 0.29) is 12.5 Å². The molecule has 1 aliphatic rings. The smallest absolute Gasteiger partial charge is 0.256 e. The van der Waals surface area contributed by atoms with E-state index in [1.54, 1.807) is 7.11 Å². The normalized spacial score (nSPS) is 12.6. The van der Waals surface area contributed by atoms with Crippen molar-refractivity contribution in [1.82, 2.24) is 4.98 Å². The summed E-state index contributed by atoms with van der Waals surface area (Å²) in [7, 11) is 1.63. The zero-order valence-electron chi connectivity index (χ0n) is 14.1. The van der Waals surface area contributed by atoms with Gasteiger partial charge in [0, 0.05) is 16.5 Å². The highest BCUT2D eigenvalue weighted by molar-refractivity contribution is 7.14. The van der Waals surface area contributed by atoms with Gasteiger partial charge in [0.15, 0.2) is 5.13 Å². The molecule has 26 heavy (non-hydrogen) atoms. The lowest BCUT2D eigenvalue weighted by molar-refractivity contribution is -0.113. The summed E-state index contributed by atoms with van der Waals surface area (Å²) >= 11 is 1.39. The lowest BCUT2D eigenvalue weighted by Crippen LogP contribution is -2.21. The molecule has 1 amide bonds. The first-order chi connectivity index (χ1) is 12.7. The van der Waals surface area contributed by atoms with Gasteiger partial charge in [0.2, 0.25) is 0 Å². The van der Waals surface area contributed by atoms with E-state index in [9.17, 15) is 4.79 Å². The summed E-state index contributed by atoms with van der Waals surface area (Å²) in [6.07, 6.45) is 1.85.